The lowest BCUT2D eigenvalue weighted by Gasteiger charge is -2.10. The smallest absolute Gasteiger partial charge is 0.238 e. The molecule has 0 aliphatic rings. The van der Waals surface area contributed by atoms with Crippen molar-refractivity contribution in [1.29, 1.82) is 0 Å². The maximum Gasteiger partial charge on any atom is 0.238 e. The molecule has 0 aliphatic carbocycles. The second-order valence-corrected chi connectivity index (χ2v) is 9.03. The first-order chi connectivity index (χ1) is 16.3. The van der Waals surface area contributed by atoms with Crippen LogP contribution in [0.1, 0.15) is 6.92 Å². The number of aromatic nitrogens is 3. The SMILES string of the molecule is CC(=O)NCCNc1ccc(-c2cccc3cnc(Nc4ccc(S(N)(=O)=O)cc4)nc23)cn1. The second-order valence-electron chi connectivity index (χ2n) is 7.47. The van der Waals surface area contributed by atoms with Crippen LogP contribution in [0.2, 0.25) is 0 Å². The van der Waals surface area contributed by atoms with Gasteiger partial charge in [-0.2, -0.15) is 0 Å². The number of primary sulfonamides is 1. The molecule has 11 heteroatoms. The van der Waals surface area contributed by atoms with Crippen LogP contribution in [0.25, 0.3) is 22.0 Å². The molecule has 1 amide bonds. The first kappa shape index (κ1) is 23.1. The number of rotatable bonds is 8. The normalized spacial score (nSPS) is 11.2. The Hall–Kier alpha value is -4.09. The van der Waals surface area contributed by atoms with Crippen molar-refractivity contribution in [1.82, 2.24) is 20.3 Å². The number of hydrogen-bond acceptors (Lipinski definition) is 8. The summed E-state index contributed by atoms with van der Waals surface area (Å²) in [5.41, 5.74) is 3.15. The maximum atomic E-state index is 11.4. The first-order valence-corrected chi connectivity index (χ1v) is 11.9. The zero-order chi connectivity index (χ0) is 24.1. The lowest BCUT2D eigenvalue weighted by atomic mass is 10.0. The van der Waals surface area contributed by atoms with Crippen molar-refractivity contribution in [2.45, 2.75) is 11.8 Å². The first-order valence-electron chi connectivity index (χ1n) is 10.4. The van der Waals surface area contributed by atoms with Gasteiger partial charge in [0.05, 0.1) is 10.4 Å². The monoisotopic (exact) mass is 477 g/mol. The minimum absolute atomic E-state index is 0.0281. The molecule has 0 bridgehead atoms. The van der Waals surface area contributed by atoms with Crippen LogP contribution in [-0.4, -0.2) is 42.4 Å². The van der Waals surface area contributed by atoms with Gasteiger partial charge in [0.25, 0.3) is 0 Å². The number of benzene rings is 2. The van der Waals surface area contributed by atoms with E-state index in [4.69, 9.17) is 5.14 Å². The number of sulfonamides is 1. The highest BCUT2D eigenvalue weighted by Gasteiger charge is 2.10. The molecule has 0 unspecified atom stereocenters. The van der Waals surface area contributed by atoms with Crippen LogP contribution in [0.4, 0.5) is 17.5 Å². The van der Waals surface area contributed by atoms with E-state index in [2.05, 4.69) is 30.9 Å². The van der Waals surface area contributed by atoms with Crippen molar-refractivity contribution in [3.63, 3.8) is 0 Å². The van der Waals surface area contributed by atoms with Crippen molar-refractivity contribution < 1.29 is 13.2 Å². The molecule has 10 nitrogen and oxygen atoms in total. The third kappa shape index (κ3) is 5.63. The van der Waals surface area contributed by atoms with Gasteiger partial charge < -0.3 is 16.0 Å². The van der Waals surface area contributed by atoms with Crippen molar-refractivity contribution >= 4 is 44.3 Å². The summed E-state index contributed by atoms with van der Waals surface area (Å²) in [5.74, 6) is 0.999. The van der Waals surface area contributed by atoms with E-state index >= 15 is 0 Å². The molecule has 0 atom stereocenters. The molecule has 0 spiro atoms. The van der Waals surface area contributed by atoms with Gasteiger partial charge in [-0.05, 0) is 36.4 Å². The average Bonchev–Trinajstić information content (AvgIpc) is 2.81. The Kier molecular flexibility index (Phi) is 6.66. The summed E-state index contributed by atoms with van der Waals surface area (Å²) in [6.45, 7) is 2.56. The summed E-state index contributed by atoms with van der Waals surface area (Å²) in [6.07, 6.45) is 3.48. The molecule has 2 aromatic carbocycles. The second kappa shape index (κ2) is 9.81. The fourth-order valence-electron chi connectivity index (χ4n) is 3.29. The Balaban J connectivity index is 1.55. The van der Waals surface area contributed by atoms with Crippen molar-refractivity contribution in [2.24, 2.45) is 5.14 Å². The largest absolute Gasteiger partial charge is 0.368 e. The number of hydrogen-bond donors (Lipinski definition) is 4. The summed E-state index contributed by atoms with van der Waals surface area (Å²) in [6, 6.07) is 15.7. The molecule has 0 radical (unpaired) electrons. The fourth-order valence-corrected chi connectivity index (χ4v) is 3.81. The topological polar surface area (TPSA) is 152 Å². The van der Waals surface area contributed by atoms with E-state index in [1.807, 2.05) is 30.3 Å². The van der Waals surface area contributed by atoms with Crippen LogP contribution in [0.3, 0.4) is 0 Å². The minimum Gasteiger partial charge on any atom is -0.368 e. The van der Waals surface area contributed by atoms with Gasteiger partial charge in [0.15, 0.2) is 0 Å². The lowest BCUT2D eigenvalue weighted by Crippen LogP contribution is -2.26. The lowest BCUT2D eigenvalue weighted by molar-refractivity contribution is -0.118. The molecular formula is C23H23N7O3S. The fraction of sp³-hybridized carbons (Fsp3) is 0.130. The summed E-state index contributed by atoms with van der Waals surface area (Å²) in [7, 11) is -3.76. The van der Waals surface area contributed by atoms with Gasteiger partial charge >= 0.3 is 0 Å². The number of para-hydroxylation sites is 1. The van der Waals surface area contributed by atoms with E-state index in [0.29, 0.717) is 30.5 Å². The number of carbonyl (C=O) groups is 1. The zero-order valence-electron chi connectivity index (χ0n) is 18.3. The van der Waals surface area contributed by atoms with Crippen LogP contribution < -0.4 is 21.1 Å². The average molecular weight is 478 g/mol. The van der Waals surface area contributed by atoms with Gasteiger partial charge in [-0.25, -0.2) is 28.5 Å². The van der Waals surface area contributed by atoms with Crippen molar-refractivity contribution in [3.8, 4) is 11.1 Å². The predicted octanol–water partition coefficient (Wildman–Crippen LogP) is 2.63. The molecule has 0 aliphatic heterocycles. The molecule has 4 rings (SSSR count). The number of nitrogens with one attached hydrogen (secondary N) is 3. The van der Waals surface area contributed by atoms with Crippen LogP contribution in [0, 0.1) is 0 Å². The van der Waals surface area contributed by atoms with E-state index < -0.39 is 10.0 Å². The minimum atomic E-state index is -3.76. The number of carbonyl (C=O) groups excluding carboxylic acids is 1. The standard InChI is InChI=1S/C23H23N7O3S/c1-15(31)25-11-12-26-21-10-5-16(13-27-21)20-4-2-3-17-14-28-23(30-22(17)20)29-18-6-8-19(9-7-18)34(24,32)33/h2-10,13-14H,11-12H2,1H3,(H,25,31)(H,26,27)(H2,24,32,33)(H,28,29,30). The van der Waals surface area contributed by atoms with Gasteiger partial charge in [0, 0.05) is 54.6 Å². The Morgan fingerprint density at radius 2 is 1.76 bits per heavy atom. The van der Waals surface area contributed by atoms with Crippen molar-refractivity contribution in [3.05, 3.63) is 67.0 Å². The van der Waals surface area contributed by atoms with E-state index in [9.17, 15) is 13.2 Å². The molecule has 0 fully saturated rings. The Morgan fingerprint density at radius 1 is 0.971 bits per heavy atom. The zero-order valence-corrected chi connectivity index (χ0v) is 19.1. The molecule has 5 N–H and O–H groups in total. The summed E-state index contributed by atoms with van der Waals surface area (Å²) >= 11 is 0. The van der Waals surface area contributed by atoms with Gasteiger partial charge in [-0.15, -0.1) is 0 Å². The van der Waals surface area contributed by atoms with Crippen LogP contribution in [-0.2, 0) is 14.8 Å². The molecule has 174 valence electrons. The molecule has 0 saturated heterocycles. The van der Waals surface area contributed by atoms with Gasteiger partial charge in [-0.3, -0.25) is 4.79 Å². The summed E-state index contributed by atoms with van der Waals surface area (Å²) < 4.78 is 22.9. The van der Waals surface area contributed by atoms with E-state index in [1.54, 1.807) is 24.5 Å². The Labute approximate surface area is 196 Å². The third-order valence-corrected chi connectivity index (χ3v) is 5.86. The third-order valence-electron chi connectivity index (χ3n) is 4.93. The Morgan fingerprint density at radius 3 is 2.44 bits per heavy atom. The molecule has 2 aromatic heterocycles. The quantitative estimate of drug-likeness (QED) is 0.283. The molecule has 0 saturated carbocycles. The highest BCUT2D eigenvalue weighted by Crippen LogP contribution is 2.28. The molecule has 4 aromatic rings. The molecule has 2 heterocycles. The van der Waals surface area contributed by atoms with Crippen molar-refractivity contribution in [2.75, 3.05) is 23.7 Å². The number of anilines is 3. The predicted molar refractivity (Wildman–Crippen MR) is 131 cm³/mol. The number of pyridine rings is 1. The van der Waals surface area contributed by atoms with Gasteiger partial charge in [-0.1, -0.05) is 18.2 Å². The Bertz CT molecular complexity index is 1420. The van der Waals surface area contributed by atoms with Gasteiger partial charge in [0.1, 0.15) is 5.82 Å². The maximum absolute atomic E-state index is 11.4. The summed E-state index contributed by atoms with van der Waals surface area (Å²) in [5, 5.41) is 15.0. The van der Waals surface area contributed by atoms with Crippen LogP contribution >= 0.6 is 0 Å². The highest BCUT2D eigenvalue weighted by atomic mass is 32.2. The van der Waals surface area contributed by atoms with Gasteiger partial charge in [0.2, 0.25) is 21.9 Å². The van der Waals surface area contributed by atoms with Crippen LogP contribution in [0.15, 0.2) is 71.9 Å². The van der Waals surface area contributed by atoms with E-state index in [-0.39, 0.29) is 10.8 Å². The number of amides is 1. The van der Waals surface area contributed by atoms with Crippen LogP contribution in [0.5, 0.6) is 0 Å². The van der Waals surface area contributed by atoms with E-state index in [1.165, 1.54) is 19.1 Å². The summed E-state index contributed by atoms with van der Waals surface area (Å²) in [4.78, 5) is 24.5. The number of nitrogens with zero attached hydrogens (tertiary/aromatic N) is 3. The van der Waals surface area contributed by atoms with E-state index in [0.717, 1.165) is 22.0 Å². The molecule has 34 heavy (non-hydrogen) atoms. The number of nitrogens with two attached hydrogens (primary N) is 1. The highest BCUT2D eigenvalue weighted by molar-refractivity contribution is 7.89. The number of fused-ring (bicyclic) bond motifs is 1. The molecular weight excluding hydrogens is 454 g/mol.